The highest BCUT2D eigenvalue weighted by Crippen LogP contribution is 2.02. The summed E-state index contributed by atoms with van der Waals surface area (Å²) in [5.41, 5.74) is 12.4. The number of aliphatic imine (C=N–C) groups is 1. The van der Waals surface area contributed by atoms with Crippen LogP contribution in [0.25, 0.3) is 0 Å². The Kier molecular flexibility index (Phi) is 10.2. The molecule has 0 aliphatic heterocycles. The van der Waals surface area contributed by atoms with Gasteiger partial charge in [-0.05, 0) is 13.8 Å². The van der Waals surface area contributed by atoms with E-state index >= 15 is 0 Å². The summed E-state index contributed by atoms with van der Waals surface area (Å²) < 4.78 is 0. The number of aliphatic hydroxyl groups is 2. The highest BCUT2D eigenvalue weighted by molar-refractivity contribution is 7.80. The quantitative estimate of drug-likeness (QED) is 0.118. The van der Waals surface area contributed by atoms with Crippen LogP contribution in [0.15, 0.2) is 4.99 Å². The van der Waals surface area contributed by atoms with Crippen LogP contribution < -0.4 is 22.2 Å². The van der Waals surface area contributed by atoms with Crippen molar-refractivity contribution in [2.24, 2.45) is 22.4 Å². The monoisotopic (exact) mass is 420 g/mol. The van der Waals surface area contributed by atoms with Gasteiger partial charge in [-0.15, -0.1) is 0 Å². The fraction of sp³-hybridized carbons (Fsp3) is 0.571. The summed E-state index contributed by atoms with van der Waals surface area (Å²) in [6.07, 6.45) is -1.01. The van der Waals surface area contributed by atoms with Gasteiger partial charge in [0.15, 0.2) is 6.04 Å². The second kappa shape index (κ2) is 11.2. The number of nitrogens with two attached hydrogens (primary N) is 2. The third-order valence-electron chi connectivity index (χ3n) is 3.47. The molecule has 0 aromatic heterocycles. The second-order valence-electron chi connectivity index (χ2n) is 5.75. The van der Waals surface area contributed by atoms with E-state index in [0.717, 1.165) is 5.01 Å². The molecule has 14 heteroatoms. The number of likely N-dealkylation sites (N-methyl/N-ethyl adjacent to an activating group) is 1. The van der Waals surface area contributed by atoms with Gasteiger partial charge in [0.2, 0.25) is 5.91 Å². The molecule has 0 rings (SSSR count). The van der Waals surface area contributed by atoms with Crippen LogP contribution in [-0.2, 0) is 14.4 Å². The highest BCUT2D eigenvalue weighted by Gasteiger charge is 2.28. The minimum absolute atomic E-state index is 0.0508. The smallest absolute Gasteiger partial charge is 0.342 e. The number of hydrazine groups is 1. The van der Waals surface area contributed by atoms with E-state index in [2.05, 4.69) is 10.4 Å². The number of nitrogens with one attached hydrogen (secondary N) is 2. The molecule has 0 aromatic carbocycles. The Labute approximate surface area is 165 Å². The van der Waals surface area contributed by atoms with E-state index in [1.165, 1.54) is 20.9 Å². The number of urea groups is 1. The zero-order valence-electron chi connectivity index (χ0n) is 15.4. The van der Waals surface area contributed by atoms with E-state index in [9.17, 15) is 24.3 Å². The lowest BCUT2D eigenvalue weighted by Gasteiger charge is -2.26. The number of hydrogen-bond donors (Lipinski definition) is 7. The number of amides is 4. The van der Waals surface area contributed by atoms with Gasteiger partial charge in [-0.2, -0.15) is 4.99 Å². The maximum absolute atomic E-state index is 12.4. The van der Waals surface area contributed by atoms with Crippen LogP contribution in [0.2, 0.25) is 0 Å². The zero-order valence-corrected chi connectivity index (χ0v) is 16.3. The SMILES string of the molecule is CC(C(N)=O)C(=NC(=O)NC(CO)C(=O)O)C(=O)NN(C)C(=S)C(N)C(C)O. The molecular weight excluding hydrogens is 396 g/mol. The van der Waals surface area contributed by atoms with Crippen molar-refractivity contribution in [3.8, 4) is 0 Å². The Hall–Kier alpha value is -2.68. The third kappa shape index (κ3) is 7.51. The molecule has 0 aromatic rings. The molecule has 0 heterocycles. The number of carbonyl (C=O) groups excluding carboxylic acids is 3. The van der Waals surface area contributed by atoms with Crippen LogP contribution in [0.1, 0.15) is 13.8 Å². The molecular formula is C14H24N6O7S. The number of aliphatic carboxylic acids is 1. The molecule has 158 valence electrons. The fourth-order valence-electron chi connectivity index (χ4n) is 1.65. The molecule has 0 bridgehead atoms. The number of carboxylic acids is 1. The Morgan fingerprint density at radius 1 is 1.25 bits per heavy atom. The summed E-state index contributed by atoms with van der Waals surface area (Å²) in [6, 6.07) is -3.94. The molecule has 0 spiro atoms. The average Bonchev–Trinajstić information content (AvgIpc) is 2.61. The lowest BCUT2D eigenvalue weighted by molar-refractivity contribution is -0.140. The van der Waals surface area contributed by atoms with Crippen molar-refractivity contribution >= 4 is 46.7 Å². The number of rotatable bonds is 8. The minimum atomic E-state index is -1.66. The van der Waals surface area contributed by atoms with Crippen molar-refractivity contribution in [2.45, 2.75) is 32.0 Å². The lowest BCUT2D eigenvalue weighted by Crippen LogP contribution is -2.55. The molecule has 0 aliphatic rings. The molecule has 4 unspecified atom stereocenters. The fourth-order valence-corrected chi connectivity index (χ4v) is 1.89. The van der Waals surface area contributed by atoms with E-state index in [1.54, 1.807) is 0 Å². The molecule has 0 radical (unpaired) electrons. The highest BCUT2D eigenvalue weighted by atomic mass is 32.1. The number of hydrogen-bond acceptors (Lipinski definition) is 8. The van der Waals surface area contributed by atoms with Gasteiger partial charge < -0.3 is 32.1 Å². The van der Waals surface area contributed by atoms with Crippen LogP contribution in [0.5, 0.6) is 0 Å². The van der Waals surface area contributed by atoms with Crippen molar-refractivity contribution in [3.05, 3.63) is 0 Å². The molecule has 9 N–H and O–H groups in total. The summed E-state index contributed by atoms with van der Waals surface area (Å²) in [5, 5.41) is 30.0. The molecule has 4 amide bonds. The first-order valence-corrected chi connectivity index (χ1v) is 8.28. The van der Waals surface area contributed by atoms with Gasteiger partial charge in [-0.3, -0.25) is 20.0 Å². The van der Waals surface area contributed by atoms with Crippen molar-refractivity contribution < 1.29 is 34.5 Å². The first-order valence-electron chi connectivity index (χ1n) is 7.87. The standard InChI is InChI=1S/C14H24N6O7S/c1-5(10(16)23)9(18-14(27)17-7(4-21)13(25)26)11(24)19-20(3)12(28)8(15)6(2)22/h5-8,21-22H,4,15H2,1-3H3,(H2,16,23)(H,17,27)(H,19,24)(H,25,26). The van der Waals surface area contributed by atoms with Crippen molar-refractivity contribution in [1.29, 1.82) is 0 Å². The first-order chi connectivity index (χ1) is 12.8. The summed E-state index contributed by atoms with van der Waals surface area (Å²) in [5.74, 6) is -4.88. The molecule has 28 heavy (non-hydrogen) atoms. The van der Waals surface area contributed by atoms with E-state index in [4.69, 9.17) is 33.9 Å². The van der Waals surface area contributed by atoms with Crippen LogP contribution in [0.4, 0.5) is 4.79 Å². The van der Waals surface area contributed by atoms with Crippen molar-refractivity contribution in [2.75, 3.05) is 13.7 Å². The molecule has 0 fully saturated rings. The zero-order chi connectivity index (χ0) is 22.2. The maximum atomic E-state index is 12.4. The van der Waals surface area contributed by atoms with Crippen molar-refractivity contribution in [3.63, 3.8) is 0 Å². The molecule has 4 atom stereocenters. The van der Waals surface area contributed by atoms with Crippen LogP contribution >= 0.6 is 12.2 Å². The number of carbonyl (C=O) groups is 4. The van der Waals surface area contributed by atoms with E-state index in [-0.39, 0.29) is 4.99 Å². The number of thiocarbonyl (C=S) groups is 1. The number of nitrogens with zero attached hydrogens (tertiary/aromatic N) is 2. The molecule has 0 saturated carbocycles. The minimum Gasteiger partial charge on any atom is -0.480 e. The van der Waals surface area contributed by atoms with Gasteiger partial charge >= 0.3 is 12.0 Å². The van der Waals surface area contributed by atoms with Gasteiger partial charge in [0.1, 0.15) is 10.7 Å². The largest absolute Gasteiger partial charge is 0.480 e. The Morgan fingerprint density at radius 2 is 1.79 bits per heavy atom. The number of primary amides is 1. The summed E-state index contributed by atoms with van der Waals surface area (Å²) in [6.45, 7) is 1.67. The predicted octanol–water partition coefficient (Wildman–Crippen LogP) is -3.30. The number of aliphatic hydroxyl groups excluding tert-OH is 2. The molecule has 0 saturated heterocycles. The van der Waals surface area contributed by atoms with Crippen LogP contribution in [0.3, 0.4) is 0 Å². The lowest BCUT2D eigenvalue weighted by atomic mass is 10.0. The van der Waals surface area contributed by atoms with Gasteiger partial charge in [0.05, 0.1) is 24.7 Å². The van der Waals surface area contributed by atoms with E-state index in [0.29, 0.717) is 0 Å². The van der Waals surface area contributed by atoms with Crippen LogP contribution in [-0.4, -0.2) is 86.7 Å². The number of carboxylic acid groups (broad SMARTS) is 1. The molecule has 13 nitrogen and oxygen atoms in total. The Morgan fingerprint density at radius 3 is 2.18 bits per heavy atom. The summed E-state index contributed by atoms with van der Waals surface area (Å²) in [7, 11) is 1.31. The van der Waals surface area contributed by atoms with E-state index in [1.807, 2.05) is 5.32 Å². The second-order valence-corrected chi connectivity index (χ2v) is 6.17. The third-order valence-corrected chi connectivity index (χ3v) is 4.02. The van der Waals surface area contributed by atoms with Gasteiger partial charge in [0.25, 0.3) is 5.91 Å². The van der Waals surface area contributed by atoms with Gasteiger partial charge in [0, 0.05) is 7.05 Å². The van der Waals surface area contributed by atoms with Crippen LogP contribution in [0, 0.1) is 5.92 Å². The first kappa shape index (κ1) is 25.3. The molecule has 0 aliphatic carbocycles. The maximum Gasteiger partial charge on any atom is 0.342 e. The Balaban J connectivity index is 5.53. The summed E-state index contributed by atoms with van der Waals surface area (Å²) >= 11 is 5.01. The van der Waals surface area contributed by atoms with Gasteiger partial charge in [-0.1, -0.05) is 12.2 Å². The van der Waals surface area contributed by atoms with Gasteiger partial charge in [-0.25, -0.2) is 9.59 Å². The topological polar surface area (TPSA) is 221 Å². The van der Waals surface area contributed by atoms with E-state index < -0.39 is 60.2 Å². The normalized spacial score (nSPS) is 15.6. The Bertz CT molecular complexity index is 669. The predicted molar refractivity (Wildman–Crippen MR) is 101 cm³/mol. The van der Waals surface area contributed by atoms with Crippen molar-refractivity contribution in [1.82, 2.24) is 15.8 Å². The average molecular weight is 420 g/mol. The summed E-state index contributed by atoms with van der Waals surface area (Å²) in [4.78, 5) is 49.9.